The molecule has 0 atom stereocenters. The first-order chi connectivity index (χ1) is 15.8. The van der Waals surface area contributed by atoms with Crippen molar-refractivity contribution < 1.29 is 14.5 Å². The third-order valence-corrected chi connectivity index (χ3v) is 4.70. The number of aryl methyl sites for hydroxylation is 3. The first-order valence-electron chi connectivity index (χ1n) is 10.0. The summed E-state index contributed by atoms with van der Waals surface area (Å²) in [5, 5.41) is 17.9. The quantitative estimate of drug-likeness (QED) is 0.342. The van der Waals surface area contributed by atoms with Crippen molar-refractivity contribution in [3.63, 3.8) is 0 Å². The van der Waals surface area contributed by atoms with Crippen LogP contribution in [0.15, 0.2) is 60.7 Å². The van der Waals surface area contributed by atoms with Gasteiger partial charge in [-0.2, -0.15) is 10.1 Å². The topological polar surface area (TPSA) is 125 Å². The molecule has 2 aromatic carbocycles. The maximum Gasteiger partial charge on any atom is 0.269 e. The number of aromatic nitrogens is 4. The Balaban J connectivity index is 1.46. The summed E-state index contributed by atoms with van der Waals surface area (Å²) in [7, 11) is 0. The predicted octanol–water partition coefficient (Wildman–Crippen LogP) is 4.54. The van der Waals surface area contributed by atoms with Gasteiger partial charge in [0.1, 0.15) is 11.6 Å². The number of ether oxygens (including phenoxy) is 1. The van der Waals surface area contributed by atoms with Gasteiger partial charge in [0.15, 0.2) is 5.82 Å². The molecule has 0 aliphatic carbocycles. The summed E-state index contributed by atoms with van der Waals surface area (Å²) in [6.07, 6.45) is 0. The number of carbonyl (C=O) groups is 1. The molecule has 0 radical (unpaired) electrons. The smallest absolute Gasteiger partial charge is 0.269 e. The van der Waals surface area contributed by atoms with Crippen LogP contribution in [0.1, 0.15) is 27.6 Å². The lowest BCUT2D eigenvalue weighted by atomic mass is 10.2. The molecular formula is C23H20N6O4. The second kappa shape index (κ2) is 8.87. The number of nitro benzene ring substituents is 1. The highest BCUT2D eigenvalue weighted by Gasteiger charge is 2.12. The minimum Gasteiger partial charge on any atom is -0.439 e. The molecule has 1 amide bonds. The van der Waals surface area contributed by atoms with Crippen LogP contribution in [0.5, 0.6) is 11.6 Å². The van der Waals surface area contributed by atoms with E-state index >= 15 is 0 Å². The number of nitro groups is 1. The number of carbonyl (C=O) groups excluding carboxylic acids is 1. The van der Waals surface area contributed by atoms with Crippen LogP contribution in [0.2, 0.25) is 0 Å². The van der Waals surface area contributed by atoms with E-state index in [-0.39, 0.29) is 11.6 Å². The van der Waals surface area contributed by atoms with E-state index in [0.29, 0.717) is 34.5 Å². The summed E-state index contributed by atoms with van der Waals surface area (Å²) in [6.45, 7) is 5.64. The van der Waals surface area contributed by atoms with E-state index in [0.717, 1.165) is 11.4 Å². The number of anilines is 1. The van der Waals surface area contributed by atoms with E-state index < -0.39 is 4.92 Å². The zero-order valence-electron chi connectivity index (χ0n) is 18.1. The molecule has 0 spiro atoms. The molecule has 2 aromatic heterocycles. The average Bonchev–Trinajstić information content (AvgIpc) is 3.12. The number of hydrogen-bond donors (Lipinski definition) is 1. The fourth-order valence-electron chi connectivity index (χ4n) is 3.21. The highest BCUT2D eigenvalue weighted by molar-refractivity contribution is 6.04. The van der Waals surface area contributed by atoms with Crippen molar-refractivity contribution in [2.24, 2.45) is 0 Å². The monoisotopic (exact) mass is 444 g/mol. The fraction of sp³-hybridized carbons (Fsp3) is 0.130. The minimum atomic E-state index is -0.514. The van der Waals surface area contributed by atoms with Gasteiger partial charge in [-0.25, -0.2) is 9.67 Å². The number of non-ortho nitro benzene ring substituents is 1. The van der Waals surface area contributed by atoms with Crippen molar-refractivity contribution in [3.05, 3.63) is 93.6 Å². The predicted molar refractivity (Wildman–Crippen MR) is 121 cm³/mol. The molecule has 0 fully saturated rings. The number of rotatable bonds is 6. The first kappa shape index (κ1) is 21.6. The third kappa shape index (κ3) is 5.01. The van der Waals surface area contributed by atoms with Gasteiger partial charge < -0.3 is 10.1 Å². The summed E-state index contributed by atoms with van der Waals surface area (Å²) >= 11 is 0. The van der Waals surface area contributed by atoms with Gasteiger partial charge in [0, 0.05) is 35.1 Å². The fourth-order valence-corrected chi connectivity index (χ4v) is 3.21. The van der Waals surface area contributed by atoms with Crippen molar-refractivity contribution in [2.45, 2.75) is 20.8 Å². The standard InChI is InChI=1S/C23H20N6O4/c1-14-12-15(2)28(27-14)21-13-22(25-16(3)24-21)33-20-10-6-18(7-11-20)26-23(30)17-4-8-19(9-5-17)29(31)32/h4-13H,1-3H3,(H,26,30). The molecule has 0 bridgehead atoms. The number of benzene rings is 2. The molecule has 0 aliphatic heterocycles. The number of hydrogen-bond acceptors (Lipinski definition) is 7. The largest absolute Gasteiger partial charge is 0.439 e. The number of nitrogens with one attached hydrogen (secondary N) is 1. The molecule has 4 rings (SSSR count). The Labute approximate surface area is 189 Å². The molecule has 10 heteroatoms. The van der Waals surface area contributed by atoms with Crippen LogP contribution in [0.25, 0.3) is 5.82 Å². The Morgan fingerprint density at radius 1 is 1.00 bits per heavy atom. The molecule has 4 aromatic rings. The van der Waals surface area contributed by atoms with Gasteiger partial charge >= 0.3 is 0 Å². The number of amides is 1. The highest BCUT2D eigenvalue weighted by Crippen LogP contribution is 2.24. The van der Waals surface area contributed by atoms with Gasteiger partial charge in [0.2, 0.25) is 5.88 Å². The van der Waals surface area contributed by atoms with Crippen molar-refractivity contribution in [1.82, 2.24) is 19.7 Å². The molecule has 0 saturated heterocycles. The van der Waals surface area contributed by atoms with E-state index in [4.69, 9.17) is 4.74 Å². The van der Waals surface area contributed by atoms with Crippen LogP contribution in [0.4, 0.5) is 11.4 Å². The van der Waals surface area contributed by atoms with Crippen molar-refractivity contribution in [2.75, 3.05) is 5.32 Å². The Morgan fingerprint density at radius 3 is 2.30 bits per heavy atom. The Hall–Kier alpha value is -4.60. The van der Waals surface area contributed by atoms with Gasteiger partial charge in [-0.05, 0) is 63.2 Å². The van der Waals surface area contributed by atoms with Crippen molar-refractivity contribution >= 4 is 17.3 Å². The number of nitrogens with zero attached hydrogens (tertiary/aromatic N) is 5. The molecule has 0 unspecified atom stereocenters. The zero-order valence-corrected chi connectivity index (χ0v) is 18.1. The molecular weight excluding hydrogens is 424 g/mol. The van der Waals surface area contributed by atoms with Gasteiger partial charge in [0.25, 0.3) is 11.6 Å². The summed E-state index contributed by atoms with van der Waals surface area (Å²) in [5.74, 6) is 1.67. The summed E-state index contributed by atoms with van der Waals surface area (Å²) in [6, 6.07) is 15.8. The second-order valence-electron chi connectivity index (χ2n) is 7.34. The lowest BCUT2D eigenvalue weighted by Gasteiger charge is -2.10. The maximum atomic E-state index is 12.4. The van der Waals surface area contributed by atoms with Crippen LogP contribution in [-0.2, 0) is 0 Å². The highest BCUT2D eigenvalue weighted by atomic mass is 16.6. The van der Waals surface area contributed by atoms with Crippen LogP contribution in [0.3, 0.4) is 0 Å². The maximum absolute atomic E-state index is 12.4. The summed E-state index contributed by atoms with van der Waals surface area (Å²) in [4.78, 5) is 31.4. The lowest BCUT2D eigenvalue weighted by Crippen LogP contribution is -2.11. The Kier molecular flexibility index (Phi) is 5.81. The van der Waals surface area contributed by atoms with Crippen LogP contribution in [-0.4, -0.2) is 30.6 Å². The van der Waals surface area contributed by atoms with Crippen molar-refractivity contribution in [3.8, 4) is 17.4 Å². The first-order valence-corrected chi connectivity index (χ1v) is 10.0. The van der Waals surface area contributed by atoms with E-state index in [1.54, 1.807) is 41.9 Å². The molecule has 10 nitrogen and oxygen atoms in total. The third-order valence-electron chi connectivity index (χ3n) is 4.70. The molecule has 0 aliphatic rings. The second-order valence-corrected chi connectivity index (χ2v) is 7.34. The van der Waals surface area contributed by atoms with Gasteiger partial charge in [-0.1, -0.05) is 0 Å². The van der Waals surface area contributed by atoms with E-state index in [2.05, 4.69) is 20.4 Å². The van der Waals surface area contributed by atoms with E-state index in [1.165, 1.54) is 24.3 Å². The molecule has 0 saturated carbocycles. The van der Waals surface area contributed by atoms with E-state index in [9.17, 15) is 14.9 Å². The molecule has 33 heavy (non-hydrogen) atoms. The van der Waals surface area contributed by atoms with E-state index in [1.807, 2.05) is 19.9 Å². The van der Waals surface area contributed by atoms with Crippen LogP contribution in [0, 0.1) is 30.9 Å². The van der Waals surface area contributed by atoms with Gasteiger partial charge in [0.05, 0.1) is 10.6 Å². The minimum absolute atomic E-state index is 0.0750. The summed E-state index contributed by atoms with van der Waals surface area (Å²) in [5.41, 5.74) is 2.62. The zero-order chi connectivity index (χ0) is 23.5. The van der Waals surface area contributed by atoms with Gasteiger partial charge in [-0.15, -0.1) is 0 Å². The Bertz CT molecular complexity index is 1330. The Morgan fingerprint density at radius 2 is 1.70 bits per heavy atom. The van der Waals surface area contributed by atoms with Crippen LogP contribution >= 0.6 is 0 Å². The molecule has 166 valence electrons. The molecule has 1 N–H and O–H groups in total. The SMILES string of the molecule is Cc1cc(C)n(-c2cc(Oc3ccc(NC(=O)c4ccc([N+](=O)[O-])cc4)cc3)nc(C)n2)n1. The average molecular weight is 444 g/mol. The van der Waals surface area contributed by atoms with Gasteiger partial charge in [-0.3, -0.25) is 14.9 Å². The molecule has 2 heterocycles. The normalized spacial score (nSPS) is 10.6. The summed E-state index contributed by atoms with van der Waals surface area (Å²) < 4.78 is 7.61. The lowest BCUT2D eigenvalue weighted by molar-refractivity contribution is -0.384. The van der Waals surface area contributed by atoms with Crippen molar-refractivity contribution in [1.29, 1.82) is 0 Å². The van der Waals surface area contributed by atoms with Crippen LogP contribution < -0.4 is 10.1 Å².